The van der Waals surface area contributed by atoms with Gasteiger partial charge in [-0.2, -0.15) is 9.97 Å². The van der Waals surface area contributed by atoms with Crippen molar-refractivity contribution in [2.45, 2.75) is 37.5 Å². The third-order valence-electron chi connectivity index (χ3n) is 12.2. The van der Waals surface area contributed by atoms with Crippen LogP contribution < -0.4 is 0 Å². The predicted molar refractivity (Wildman–Crippen MR) is 188 cm³/mol. The molecule has 0 atom stereocenters. The van der Waals surface area contributed by atoms with Gasteiger partial charge in [-0.25, -0.2) is 4.98 Å². The molecular formula is C43H34N4. The van der Waals surface area contributed by atoms with Gasteiger partial charge in [0, 0.05) is 27.3 Å². The van der Waals surface area contributed by atoms with Crippen molar-refractivity contribution < 1.29 is 0 Å². The quantitative estimate of drug-likeness (QED) is 0.201. The van der Waals surface area contributed by atoms with E-state index in [0.717, 1.165) is 45.8 Å². The molecule has 0 unspecified atom stereocenters. The topological polar surface area (TPSA) is 43.6 Å². The SMILES string of the molecule is c1ccc(-c2nc(-c3ccccc3)nc(-n3c4ccccc4c4cc5c(cc43)-c3ccccc3C53C4CC5CC(C4)CC3C5)n2)cc1. The van der Waals surface area contributed by atoms with Crippen molar-refractivity contribution >= 4 is 21.8 Å². The predicted octanol–water partition coefficient (Wildman–Crippen LogP) is 10.0. The Hall–Kier alpha value is -5.09. The molecule has 5 aliphatic carbocycles. The second kappa shape index (κ2) is 9.48. The number of para-hydroxylation sites is 1. The Morgan fingerprint density at radius 1 is 0.489 bits per heavy atom. The molecule has 4 nitrogen and oxygen atoms in total. The van der Waals surface area contributed by atoms with Crippen LogP contribution in [0.25, 0.3) is 61.7 Å². The van der Waals surface area contributed by atoms with Crippen LogP contribution >= 0.6 is 0 Å². The van der Waals surface area contributed by atoms with Gasteiger partial charge in [0.25, 0.3) is 0 Å². The van der Waals surface area contributed by atoms with Crippen LogP contribution in [0, 0.1) is 23.7 Å². The summed E-state index contributed by atoms with van der Waals surface area (Å²) in [5.41, 5.74) is 10.4. The lowest BCUT2D eigenvalue weighted by Gasteiger charge is -2.61. The summed E-state index contributed by atoms with van der Waals surface area (Å²) in [6, 6.07) is 43.8. The summed E-state index contributed by atoms with van der Waals surface area (Å²) in [5.74, 6) is 5.32. The number of benzene rings is 5. The lowest BCUT2D eigenvalue weighted by Crippen LogP contribution is -2.55. The Morgan fingerprint density at radius 3 is 1.77 bits per heavy atom. The lowest BCUT2D eigenvalue weighted by atomic mass is 9.43. The fraction of sp³-hybridized carbons (Fsp3) is 0.233. The van der Waals surface area contributed by atoms with E-state index in [4.69, 9.17) is 15.0 Å². The highest BCUT2D eigenvalue weighted by Gasteiger charge is 2.61. The molecule has 12 rings (SSSR count). The molecule has 4 bridgehead atoms. The molecule has 4 saturated carbocycles. The van der Waals surface area contributed by atoms with E-state index in [9.17, 15) is 0 Å². The zero-order valence-electron chi connectivity index (χ0n) is 26.2. The Morgan fingerprint density at radius 2 is 1.09 bits per heavy atom. The summed E-state index contributed by atoms with van der Waals surface area (Å²) in [4.78, 5) is 15.4. The van der Waals surface area contributed by atoms with Crippen molar-refractivity contribution in [3.05, 3.63) is 132 Å². The molecule has 5 aromatic carbocycles. The minimum atomic E-state index is 0.130. The Balaban J connectivity index is 1.21. The molecule has 226 valence electrons. The first-order valence-electron chi connectivity index (χ1n) is 17.3. The molecule has 7 aromatic rings. The van der Waals surface area contributed by atoms with Crippen LogP contribution in [-0.4, -0.2) is 19.5 Å². The van der Waals surface area contributed by atoms with Crippen molar-refractivity contribution in [1.82, 2.24) is 19.5 Å². The van der Waals surface area contributed by atoms with Gasteiger partial charge in [-0.15, -0.1) is 0 Å². The van der Waals surface area contributed by atoms with E-state index < -0.39 is 0 Å². The van der Waals surface area contributed by atoms with Gasteiger partial charge in [-0.1, -0.05) is 103 Å². The zero-order chi connectivity index (χ0) is 30.7. The second-order valence-corrected chi connectivity index (χ2v) is 14.5. The van der Waals surface area contributed by atoms with E-state index in [1.807, 2.05) is 36.4 Å². The highest BCUT2D eigenvalue weighted by Crippen LogP contribution is 2.69. The molecule has 4 fully saturated rings. The Labute approximate surface area is 274 Å². The van der Waals surface area contributed by atoms with Gasteiger partial charge in [-0.05, 0) is 96.2 Å². The van der Waals surface area contributed by atoms with Crippen molar-refractivity contribution in [1.29, 1.82) is 0 Å². The highest BCUT2D eigenvalue weighted by molar-refractivity contribution is 6.11. The van der Waals surface area contributed by atoms with Crippen LogP contribution in [0.15, 0.2) is 121 Å². The number of rotatable bonds is 3. The van der Waals surface area contributed by atoms with Gasteiger partial charge in [0.1, 0.15) is 0 Å². The zero-order valence-corrected chi connectivity index (χ0v) is 26.2. The largest absolute Gasteiger partial charge is 0.278 e. The second-order valence-electron chi connectivity index (χ2n) is 14.5. The molecule has 5 aliphatic rings. The van der Waals surface area contributed by atoms with Gasteiger partial charge >= 0.3 is 0 Å². The maximum atomic E-state index is 5.19. The average Bonchev–Trinajstić information content (AvgIpc) is 3.60. The third kappa shape index (κ3) is 3.51. The smallest absolute Gasteiger partial charge is 0.238 e. The first-order chi connectivity index (χ1) is 23.3. The number of hydrogen-bond donors (Lipinski definition) is 0. The van der Waals surface area contributed by atoms with Crippen molar-refractivity contribution in [3.63, 3.8) is 0 Å². The van der Waals surface area contributed by atoms with Gasteiger partial charge in [0.05, 0.1) is 11.0 Å². The van der Waals surface area contributed by atoms with Gasteiger partial charge in [-0.3, -0.25) is 4.57 Å². The van der Waals surface area contributed by atoms with Gasteiger partial charge < -0.3 is 0 Å². The molecule has 2 heterocycles. The van der Waals surface area contributed by atoms with Crippen LogP contribution in [0.3, 0.4) is 0 Å². The summed E-state index contributed by atoms with van der Waals surface area (Å²) in [6.45, 7) is 0. The van der Waals surface area contributed by atoms with Crippen molar-refractivity contribution in [3.8, 4) is 39.9 Å². The minimum Gasteiger partial charge on any atom is -0.278 e. The van der Waals surface area contributed by atoms with Gasteiger partial charge in [0.15, 0.2) is 11.6 Å². The average molecular weight is 607 g/mol. The standard InChI is InChI=1S/C43H34N4/c1-3-11-28(12-4-1)40-44-41(29-13-5-2-6-14-29)46-42(45-40)47-38-18-10-8-16-33(38)35-24-37-34(25-39(35)47)32-15-7-9-17-36(32)43(37)30-20-26-19-27(22-30)23-31(43)21-26/h1-18,24-27,30-31H,19-23H2. The fourth-order valence-electron chi connectivity index (χ4n) is 10.7. The number of fused-ring (bicyclic) bond motifs is 6. The Bertz CT molecular complexity index is 2290. The van der Waals surface area contributed by atoms with Crippen LogP contribution in [0.2, 0.25) is 0 Å². The molecular weight excluding hydrogens is 573 g/mol. The minimum absolute atomic E-state index is 0.130. The van der Waals surface area contributed by atoms with Crippen molar-refractivity contribution in [2.24, 2.45) is 23.7 Å². The molecule has 4 heteroatoms. The van der Waals surface area contributed by atoms with E-state index in [2.05, 4.69) is 89.5 Å². The van der Waals surface area contributed by atoms with E-state index in [0.29, 0.717) is 17.6 Å². The molecule has 0 amide bonds. The molecule has 0 aliphatic heterocycles. The van der Waals surface area contributed by atoms with E-state index in [1.54, 1.807) is 11.1 Å². The van der Waals surface area contributed by atoms with Crippen LogP contribution in [0.4, 0.5) is 0 Å². The number of aromatic nitrogens is 4. The molecule has 0 radical (unpaired) electrons. The molecule has 2 aromatic heterocycles. The first kappa shape index (κ1) is 26.0. The molecule has 1 spiro atoms. The first-order valence-corrected chi connectivity index (χ1v) is 17.3. The summed E-state index contributed by atoms with van der Waals surface area (Å²) in [7, 11) is 0. The van der Waals surface area contributed by atoms with E-state index in [-0.39, 0.29) is 5.41 Å². The maximum absolute atomic E-state index is 5.19. The normalized spacial score (nSPS) is 25.1. The van der Waals surface area contributed by atoms with Gasteiger partial charge in [0.2, 0.25) is 5.95 Å². The van der Waals surface area contributed by atoms with Crippen LogP contribution in [0.5, 0.6) is 0 Å². The lowest BCUT2D eigenvalue weighted by molar-refractivity contribution is -0.0399. The number of nitrogens with zero attached hydrogens (tertiary/aromatic N) is 4. The van der Waals surface area contributed by atoms with E-state index >= 15 is 0 Å². The summed E-state index contributed by atoms with van der Waals surface area (Å²) in [5, 5.41) is 2.55. The third-order valence-corrected chi connectivity index (χ3v) is 12.2. The van der Waals surface area contributed by atoms with Crippen LogP contribution in [0.1, 0.15) is 43.2 Å². The number of hydrogen-bond acceptors (Lipinski definition) is 3. The maximum Gasteiger partial charge on any atom is 0.238 e. The fourth-order valence-corrected chi connectivity index (χ4v) is 10.7. The summed E-state index contributed by atoms with van der Waals surface area (Å²) < 4.78 is 2.29. The summed E-state index contributed by atoms with van der Waals surface area (Å²) in [6.07, 6.45) is 7.00. The Kier molecular flexibility index (Phi) is 5.25. The molecule has 0 saturated heterocycles. The van der Waals surface area contributed by atoms with Crippen LogP contribution in [-0.2, 0) is 5.41 Å². The van der Waals surface area contributed by atoms with Crippen molar-refractivity contribution in [2.75, 3.05) is 0 Å². The molecule has 47 heavy (non-hydrogen) atoms. The molecule has 0 N–H and O–H groups in total. The van der Waals surface area contributed by atoms with E-state index in [1.165, 1.54) is 54.0 Å². The highest BCUT2D eigenvalue weighted by atomic mass is 15.2. The summed E-state index contributed by atoms with van der Waals surface area (Å²) >= 11 is 0. The monoisotopic (exact) mass is 606 g/mol.